The monoisotopic (exact) mass is 1440 g/mol. The average Bonchev–Trinajstić information content (AvgIpc) is 1.53. The number of rotatable bonds is 20. The van der Waals surface area contributed by atoms with Gasteiger partial charge in [0, 0.05) is 68.5 Å². The van der Waals surface area contributed by atoms with E-state index < -0.39 is 172 Å². The van der Waals surface area contributed by atoms with Gasteiger partial charge in [-0.05, 0) is 129 Å². The first kappa shape index (κ1) is 81.6. The molecule has 0 bridgehead atoms. The van der Waals surface area contributed by atoms with Crippen LogP contribution in [0.3, 0.4) is 0 Å². The molecule has 98 heavy (non-hydrogen) atoms. The van der Waals surface area contributed by atoms with Crippen LogP contribution >= 0.6 is 34.8 Å². The number of benzene rings is 1. The molecule has 0 spiro atoms. The van der Waals surface area contributed by atoms with E-state index in [1.807, 2.05) is 13.8 Å². The minimum absolute atomic E-state index is 0.0141. The number of ether oxygens (including phenoxy) is 10. The Balaban J connectivity index is 0.000000286. The molecule has 2 aliphatic heterocycles. The Morgan fingerprint density at radius 1 is 0.551 bits per heavy atom. The van der Waals surface area contributed by atoms with Gasteiger partial charge in [-0.2, -0.15) is 0 Å². The Bertz CT molecular complexity index is 3450. The highest BCUT2D eigenvalue weighted by atomic mass is 35.5. The molecule has 0 aromatic heterocycles. The van der Waals surface area contributed by atoms with E-state index in [9.17, 15) is 78.0 Å². The number of carbonyl (C=O) groups excluding carboxylic acids is 12. The van der Waals surface area contributed by atoms with Crippen LogP contribution in [0.15, 0.2) is 57.7 Å². The molecule has 7 rings (SSSR count). The summed E-state index contributed by atoms with van der Waals surface area (Å²) in [6.07, 6.45) is -4.76. The summed E-state index contributed by atoms with van der Waals surface area (Å²) in [6, 6.07) is 2.69. The van der Waals surface area contributed by atoms with Gasteiger partial charge in [-0.25, -0.2) is 24.0 Å². The van der Waals surface area contributed by atoms with Gasteiger partial charge in [0.1, 0.15) is 23.4 Å². The molecule has 29 heteroatoms. The number of halogens is 3. The van der Waals surface area contributed by atoms with Crippen LogP contribution in [-0.4, -0.2) is 168 Å². The SMILES string of the molecule is C/C=C(/C)C(=O)OC(=O)c1c(Cl)cc(Cl)cc1Cl.C/C=C(/C)C(=O)O[C@H]1C(C)=C2[C@H]([C@@H]1OC(=O)CCCC)[C@@](C)(OC(C)=O)C[C@H](OC(=O)CCC)[C@@]1(O)[C@H]2OC(=O)[C@@]1(C)O.CCCCC(=O)O[C@@H]1C(=O)C(C)=C2[C@H]1[C@@](C)(OC(C)=O)C[C@H](OC(=O)CCC)[C@@]1(O)[C@H]2OC(=O)[C@@]1(C)O. The fourth-order valence-corrected chi connectivity index (χ4v) is 14.1. The maximum atomic E-state index is 13.4. The van der Waals surface area contributed by atoms with Crippen molar-refractivity contribution in [3.63, 3.8) is 0 Å². The van der Waals surface area contributed by atoms with Crippen molar-refractivity contribution in [3.8, 4) is 0 Å². The lowest BCUT2D eigenvalue weighted by Crippen LogP contribution is -2.64. The van der Waals surface area contributed by atoms with Gasteiger partial charge in [-0.3, -0.25) is 33.6 Å². The summed E-state index contributed by atoms with van der Waals surface area (Å²) in [6.45, 7) is 24.1. The largest absolute Gasteiger partial charge is 0.459 e. The van der Waals surface area contributed by atoms with E-state index >= 15 is 0 Å². The molecule has 4 N–H and O–H groups in total. The van der Waals surface area contributed by atoms with Crippen LogP contribution < -0.4 is 0 Å². The molecule has 0 unspecified atom stereocenters. The Hall–Kier alpha value is -7.07. The van der Waals surface area contributed by atoms with Crippen LogP contribution in [0.25, 0.3) is 0 Å². The Morgan fingerprint density at radius 2 is 0.959 bits per heavy atom. The van der Waals surface area contributed by atoms with Crippen molar-refractivity contribution in [3.05, 3.63) is 78.4 Å². The summed E-state index contributed by atoms with van der Waals surface area (Å²) < 4.78 is 56.0. The van der Waals surface area contributed by atoms with Crippen molar-refractivity contribution in [2.45, 2.75) is 264 Å². The molecule has 2 saturated carbocycles. The summed E-state index contributed by atoms with van der Waals surface area (Å²) in [5, 5.41) is 47.2. The molecule has 2 saturated heterocycles. The summed E-state index contributed by atoms with van der Waals surface area (Å²) >= 11 is 17.4. The molecular formula is C69H89Cl3O26. The maximum Gasteiger partial charge on any atom is 0.349 e. The lowest BCUT2D eigenvalue weighted by molar-refractivity contribution is -0.212. The van der Waals surface area contributed by atoms with Gasteiger partial charge in [-0.15, -0.1) is 0 Å². The summed E-state index contributed by atoms with van der Waals surface area (Å²) in [7, 11) is 0. The first-order valence-electron chi connectivity index (χ1n) is 32.3. The predicted octanol–water partition coefficient (Wildman–Crippen LogP) is 8.50. The minimum Gasteiger partial charge on any atom is -0.459 e. The number of hydrogen-bond donors (Lipinski definition) is 4. The van der Waals surface area contributed by atoms with Crippen molar-refractivity contribution in [2.75, 3.05) is 0 Å². The van der Waals surface area contributed by atoms with Crippen molar-refractivity contribution < 1.29 is 125 Å². The number of fused-ring (bicyclic) bond motifs is 6. The number of hydrogen-bond acceptors (Lipinski definition) is 26. The standard InChI is InChI=1S/C31H44O12.C26H36O11.C12H9Cl3O3/c1-9-12-14-21(34)40-25-23-22(17(5)24(25)41-27(35)16(4)11-3)26-31(38,30(8,37)28(36)42-26)19(39-20(33)13-10-2)15-29(23,7)43-18(6)32;1-7-9-11-17(29)35-21-19-18(13(3)20(21)30)22-26(33,25(6,32)23(31)36-22)15(34-16(28)10-8-2)12-24(19,5)37-14(4)27;1-3-6(2)11(16)18-12(17)10-8(14)4-7(13)5-9(10)15/h11,19,23-26,37-38H,9-10,12-15H2,1-8H3;15,19,21-22,32-33H,7-12H2,1-6H3;3-5H,1-2H3/b16-11-;;6-3-/t19-,23+,24-,25-,26-,29-,30+,31+;15-,19+,21-,22-,24-,25+,26+;/m00./s1. The normalized spacial score (nSPS) is 31.5. The maximum absolute atomic E-state index is 13.4. The molecule has 542 valence electrons. The number of carbonyl (C=O) groups is 12. The van der Waals surface area contributed by atoms with Crippen LogP contribution in [0.4, 0.5) is 0 Å². The van der Waals surface area contributed by atoms with Crippen LogP contribution in [0, 0.1) is 11.8 Å². The Labute approximate surface area is 583 Å². The lowest BCUT2D eigenvalue weighted by Gasteiger charge is -2.41. The topological polar surface area (TPSA) is 378 Å². The number of Topliss-reactive ketones (excluding diaryl/α,β-unsaturated/α-hetero) is 1. The lowest BCUT2D eigenvalue weighted by atomic mass is 9.75. The van der Waals surface area contributed by atoms with Crippen LogP contribution in [0.1, 0.15) is 198 Å². The molecule has 0 amide bonds. The second kappa shape index (κ2) is 32.5. The second-order valence-electron chi connectivity index (χ2n) is 25.8. The van der Waals surface area contributed by atoms with E-state index in [-0.39, 0.29) is 74.2 Å². The molecule has 0 radical (unpaired) electrons. The van der Waals surface area contributed by atoms with Crippen molar-refractivity contribution in [2.24, 2.45) is 11.8 Å². The van der Waals surface area contributed by atoms with Gasteiger partial charge in [-0.1, -0.05) is 87.5 Å². The molecule has 15 atom stereocenters. The van der Waals surface area contributed by atoms with Crippen LogP contribution in [0.2, 0.25) is 15.1 Å². The van der Waals surface area contributed by atoms with Crippen molar-refractivity contribution in [1.82, 2.24) is 0 Å². The zero-order valence-corrected chi connectivity index (χ0v) is 60.2. The molecular weight excluding hydrogens is 1350 g/mol. The zero-order valence-electron chi connectivity index (χ0n) is 57.9. The van der Waals surface area contributed by atoms with E-state index in [1.54, 1.807) is 47.6 Å². The van der Waals surface area contributed by atoms with Gasteiger partial charge in [0.05, 0.1) is 27.4 Å². The highest BCUT2D eigenvalue weighted by molar-refractivity contribution is 6.42. The summed E-state index contributed by atoms with van der Waals surface area (Å²) in [4.78, 5) is 151. The number of esters is 11. The van der Waals surface area contributed by atoms with Crippen molar-refractivity contribution >= 4 is 106 Å². The second-order valence-corrected chi connectivity index (χ2v) is 27.1. The highest BCUT2D eigenvalue weighted by Gasteiger charge is 2.78. The number of allylic oxidation sites excluding steroid dienone is 2. The van der Waals surface area contributed by atoms with E-state index in [1.165, 1.54) is 52.8 Å². The zero-order chi connectivity index (χ0) is 74.3. The third kappa shape index (κ3) is 16.4. The van der Waals surface area contributed by atoms with E-state index in [4.69, 9.17) is 77.4 Å². The first-order valence-corrected chi connectivity index (χ1v) is 33.5. The van der Waals surface area contributed by atoms with E-state index in [0.717, 1.165) is 27.2 Å². The number of aliphatic hydroxyl groups is 4. The smallest absolute Gasteiger partial charge is 0.349 e. The summed E-state index contributed by atoms with van der Waals surface area (Å²) in [5.41, 5.74) is -12.6. The first-order chi connectivity index (χ1) is 45.5. The highest BCUT2D eigenvalue weighted by Crippen LogP contribution is 2.59. The van der Waals surface area contributed by atoms with Crippen LogP contribution in [0.5, 0.6) is 0 Å². The molecule has 2 heterocycles. The summed E-state index contributed by atoms with van der Waals surface area (Å²) in [5.74, 6) is -11.8. The van der Waals surface area contributed by atoms with E-state index in [0.29, 0.717) is 37.7 Å². The van der Waals surface area contributed by atoms with Gasteiger partial charge >= 0.3 is 65.7 Å². The van der Waals surface area contributed by atoms with Crippen molar-refractivity contribution in [1.29, 1.82) is 0 Å². The van der Waals surface area contributed by atoms with Gasteiger partial charge in [0.25, 0.3) is 0 Å². The molecule has 6 aliphatic rings. The number of ketones is 1. The van der Waals surface area contributed by atoms with Gasteiger partial charge in [0.15, 0.2) is 58.7 Å². The molecule has 1 aromatic carbocycles. The molecule has 4 fully saturated rings. The molecule has 26 nitrogen and oxygen atoms in total. The minimum atomic E-state index is -2.57. The number of unbranched alkanes of at least 4 members (excludes halogenated alkanes) is 2. The molecule has 1 aromatic rings. The quantitative estimate of drug-likeness (QED) is 0.0312. The predicted molar refractivity (Wildman–Crippen MR) is 347 cm³/mol. The Kier molecular flexibility index (Phi) is 27.1. The average molecular weight is 1440 g/mol. The van der Waals surface area contributed by atoms with E-state index in [2.05, 4.69) is 4.74 Å². The fraction of sp³-hybridized carbons (Fsp3) is 0.623. The molecule has 4 aliphatic carbocycles. The third-order valence-corrected chi connectivity index (χ3v) is 19.3. The Morgan fingerprint density at radius 3 is 1.38 bits per heavy atom. The van der Waals surface area contributed by atoms with Gasteiger partial charge < -0.3 is 67.8 Å². The fourth-order valence-electron chi connectivity index (χ4n) is 13.1. The van der Waals surface area contributed by atoms with Crippen LogP contribution in [-0.2, 0) is 100 Å². The van der Waals surface area contributed by atoms with Gasteiger partial charge in [0.2, 0.25) is 0 Å². The third-order valence-electron chi connectivity index (χ3n) is 18.5.